The van der Waals surface area contributed by atoms with Gasteiger partial charge in [-0.1, -0.05) is 11.8 Å². The minimum atomic E-state index is -0.345. The third-order valence-electron chi connectivity index (χ3n) is 3.27. The van der Waals surface area contributed by atoms with E-state index in [-0.39, 0.29) is 34.4 Å². The van der Waals surface area contributed by atoms with Crippen LogP contribution in [-0.4, -0.2) is 27.6 Å². The summed E-state index contributed by atoms with van der Waals surface area (Å²) in [7, 11) is 0. The molecule has 2 aromatic heterocycles. The number of ketones is 1. The van der Waals surface area contributed by atoms with E-state index in [4.69, 9.17) is 4.42 Å². The number of nitrogens with one attached hydrogen (secondary N) is 1. The Kier molecular flexibility index (Phi) is 5.79. The number of Topliss-reactive ketones (excluding diaryl/α,β-unsaturated/α-hetero) is 1. The van der Waals surface area contributed by atoms with E-state index in [1.807, 2.05) is 6.07 Å². The second-order valence-corrected chi connectivity index (χ2v) is 7.36. The predicted molar refractivity (Wildman–Crippen MR) is 96.6 cm³/mol. The van der Waals surface area contributed by atoms with Crippen LogP contribution < -0.4 is 5.32 Å². The molecule has 0 aliphatic heterocycles. The van der Waals surface area contributed by atoms with Crippen LogP contribution in [0.5, 0.6) is 0 Å². The summed E-state index contributed by atoms with van der Waals surface area (Å²) in [6, 6.07) is 9.27. The molecule has 2 heterocycles. The third kappa shape index (κ3) is 4.77. The van der Waals surface area contributed by atoms with Crippen LogP contribution in [0, 0.1) is 5.82 Å². The third-order valence-corrected chi connectivity index (χ3v) is 5.22. The van der Waals surface area contributed by atoms with Gasteiger partial charge in [0.1, 0.15) is 5.82 Å². The van der Waals surface area contributed by atoms with E-state index in [1.54, 1.807) is 18.2 Å². The van der Waals surface area contributed by atoms with Crippen LogP contribution in [0.1, 0.15) is 21.5 Å². The molecular formula is C17H14FN3O3S2. The summed E-state index contributed by atoms with van der Waals surface area (Å²) in [6.07, 6.45) is 0. The molecule has 0 spiro atoms. The van der Waals surface area contributed by atoms with Crippen molar-refractivity contribution >= 4 is 34.8 Å². The summed E-state index contributed by atoms with van der Waals surface area (Å²) in [6.45, 7) is 1.85. The van der Waals surface area contributed by atoms with Crippen LogP contribution in [0.25, 0.3) is 11.5 Å². The highest BCUT2D eigenvalue weighted by Crippen LogP contribution is 2.25. The molecule has 0 aliphatic rings. The first-order chi connectivity index (χ1) is 12.5. The van der Waals surface area contributed by atoms with Crippen molar-refractivity contribution in [2.24, 2.45) is 0 Å². The zero-order valence-corrected chi connectivity index (χ0v) is 15.3. The monoisotopic (exact) mass is 391 g/mol. The van der Waals surface area contributed by atoms with Crippen molar-refractivity contribution in [3.05, 3.63) is 52.0 Å². The zero-order valence-electron chi connectivity index (χ0n) is 13.7. The van der Waals surface area contributed by atoms with Crippen LogP contribution in [0.3, 0.4) is 0 Å². The quantitative estimate of drug-likeness (QED) is 0.490. The average Bonchev–Trinajstić information content (AvgIpc) is 3.28. The minimum Gasteiger partial charge on any atom is -0.411 e. The molecular weight excluding hydrogens is 377 g/mol. The van der Waals surface area contributed by atoms with Gasteiger partial charge in [-0.25, -0.2) is 4.39 Å². The lowest BCUT2D eigenvalue weighted by Crippen LogP contribution is -2.18. The Bertz CT molecular complexity index is 921. The highest BCUT2D eigenvalue weighted by Gasteiger charge is 2.14. The van der Waals surface area contributed by atoms with Crippen molar-refractivity contribution < 1.29 is 18.4 Å². The van der Waals surface area contributed by atoms with Crippen molar-refractivity contribution in [2.75, 3.05) is 5.75 Å². The lowest BCUT2D eigenvalue weighted by molar-refractivity contribution is -0.119. The Morgan fingerprint density at radius 2 is 1.96 bits per heavy atom. The fourth-order valence-electron chi connectivity index (χ4n) is 2.01. The maximum atomic E-state index is 12.9. The summed E-state index contributed by atoms with van der Waals surface area (Å²) in [4.78, 5) is 24.7. The smallest absolute Gasteiger partial charge is 0.277 e. The largest absolute Gasteiger partial charge is 0.411 e. The summed E-state index contributed by atoms with van der Waals surface area (Å²) >= 11 is 2.48. The Hall–Kier alpha value is -2.52. The summed E-state index contributed by atoms with van der Waals surface area (Å²) in [5.74, 6) is -0.0905. The fraction of sp³-hybridized carbons (Fsp3) is 0.176. The van der Waals surface area contributed by atoms with Crippen molar-refractivity contribution in [3.8, 4) is 11.5 Å². The Morgan fingerprint density at radius 1 is 1.19 bits per heavy atom. The van der Waals surface area contributed by atoms with Gasteiger partial charge in [-0.2, -0.15) is 0 Å². The molecule has 3 aromatic rings. The average molecular weight is 391 g/mol. The van der Waals surface area contributed by atoms with Crippen LogP contribution in [0.15, 0.2) is 46.0 Å². The van der Waals surface area contributed by atoms with Crippen molar-refractivity contribution in [1.29, 1.82) is 0 Å². The fourth-order valence-corrected chi connectivity index (χ4v) is 3.63. The molecule has 0 bridgehead atoms. The van der Waals surface area contributed by atoms with Gasteiger partial charge in [0.05, 0.1) is 17.2 Å². The van der Waals surface area contributed by atoms with E-state index in [2.05, 4.69) is 15.5 Å². The number of halogens is 1. The molecule has 6 nitrogen and oxygen atoms in total. The standard InChI is InChI=1S/C17H14FN3O3S2/c1-10(22)19-8-13-6-7-15(26-13)14(23)9-25-17-21-20-16(24-17)11-2-4-12(18)5-3-11/h2-7H,8-9H2,1H3,(H,19,22). The van der Waals surface area contributed by atoms with Crippen molar-refractivity contribution in [3.63, 3.8) is 0 Å². The van der Waals surface area contributed by atoms with Gasteiger partial charge in [-0.3, -0.25) is 9.59 Å². The zero-order chi connectivity index (χ0) is 18.5. The van der Waals surface area contributed by atoms with Crippen LogP contribution in [0.4, 0.5) is 4.39 Å². The molecule has 134 valence electrons. The van der Waals surface area contributed by atoms with E-state index in [9.17, 15) is 14.0 Å². The Labute approximate surface area is 156 Å². The SMILES string of the molecule is CC(=O)NCc1ccc(C(=O)CSc2nnc(-c3ccc(F)cc3)o2)s1. The van der Waals surface area contributed by atoms with Gasteiger partial charge < -0.3 is 9.73 Å². The van der Waals surface area contributed by atoms with Gasteiger partial charge in [0.2, 0.25) is 11.8 Å². The molecule has 26 heavy (non-hydrogen) atoms. The first-order valence-corrected chi connectivity index (χ1v) is 9.40. The van der Waals surface area contributed by atoms with Gasteiger partial charge in [0.15, 0.2) is 5.78 Å². The number of hydrogen-bond donors (Lipinski definition) is 1. The molecule has 3 rings (SSSR count). The van der Waals surface area contributed by atoms with E-state index in [0.717, 1.165) is 16.6 Å². The van der Waals surface area contributed by atoms with Crippen LogP contribution in [0.2, 0.25) is 0 Å². The number of thioether (sulfide) groups is 1. The molecule has 1 aromatic carbocycles. The molecule has 0 unspecified atom stereocenters. The number of rotatable bonds is 7. The number of aromatic nitrogens is 2. The number of carbonyl (C=O) groups excluding carboxylic acids is 2. The van der Waals surface area contributed by atoms with Crippen molar-refractivity contribution in [1.82, 2.24) is 15.5 Å². The van der Waals surface area contributed by atoms with Gasteiger partial charge in [-0.05, 0) is 36.4 Å². The molecule has 0 aliphatic carbocycles. The second-order valence-electron chi connectivity index (χ2n) is 5.27. The highest BCUT2D eigenvalue weighted by molar-refractivity contribution is 7.99. The molecule has 1 N–H and O–H groups in total. The van der Waals surface area contributed by atoms with E-state index in [0.29, 0.717) is 17.0 Å². The molecule has 9 heteroatoms. The number of nitrogens with zero attached hydrogens (tertiary/aromatic N) is 2. The van der Waals surface area contributed by atoms with Gasteiger partial charge in [0, 0.05) is 17.4 Å². The van der Waals surface area contributed by atoms with Crippen LogP contribution in [-0.2, 0) is 11.3 Å². The molecule has 1 amide bonds. The molecule has 0 fully saturated rings. The Balaban J connectivity index is 1.56. The lowest BCUT2D eigenvalue weighted by Gasteiger charge is -1.97. The minimum absolute atomic E-state index is 0.0596. The lowest BCUT2D eigenvalue weighted by atomic mass is 10.2. The van der Waals surface area contributed by atoms with E-state index in [1.165, 1.54) is 30.4 Å². The molecule has 0 saturated carbocycles. The first kappa shape index (κ1) is 18.3. The van der Waals surface area contributed by atoms with Crippen molar-refractivity contribution in [2.45, 2.75) is 18.7 Å². The predicted octanol–water partition coefficient (Wildman–Crippen LogP) is 3.55. The number of amides is 1. The van der Waals surface area contributed by atoms with Gasteiger partial charge in [0.25, 0.3) is 5.22 Å². The highest BCUT2D eigenvalue weighted by atomic mass is 32.2. The molecule has 0 atom stereocenters. The van der Waals surface area contributed by atoms with Gasteiger partial charge >= 0.3 is 0 Å². The van der Waals surface area contributed by atoms with E-state index >= 15 is 0 Å². The second kappa shape index (κ2) is 8.24. The normalized spacial score (nSPS) is 10.7. The number of thiophene rings is 1. The molecule has 0 saturated heterocycles. The summed E-state index contributed by atoms with van der Waals surface area (Å²) < 4.78 is 18.4. The molecule has 0 radical (unpaired) electrons. The van der Waals surface area contributed by atoms with Gasteiger partial charge in [-0.15, -0.1) is 21.5 Å². The maximum absolute atomic E-state index is 12.9. The Morgan fingerprint density at radius 3 is 2.69 bits per heavy atom. The number of carbonyl (C=O) groups is 2. The summed E-state index contributed by atoms with van der Waals surface area (Å²) in [5, 5.41) is 10.8. The summed E-state index contributed by atoms with van der Waals surface area (Å²) in [5.41, 5.74) is 0.609. The maximum Gasteiger partial charge on any atom is 0.277 e. The number of benzene rings is 1. The number of hydrogen-bond acceptors (Lipinski definition) is 7. The topological polar surface area (TPSA) is 85.1 Å². The van der Waals surface area contributed by atoms with E-state index < -0.39 is 0 Å². The van der Waals surface area contributed by atoms with Crippen LogP contribution >= 0.6 is 23.1 Å². The first-order valence-electron chi connectivity index (χ1n) is 7.60.